The normalized spacial score (nSPS) is 16.3. The van der Waals surface area contributed by atoms with Gasteiger partial charge in [-0.3, -0.25) is 0 Å². The van der Waals surface area contributed by atoms with Crippen LogP contribution in [0.15, 0.2) is 121 Å². The van der Waals surface area contributed by atoms with E-state index in [2.05, 4.69) is 148 Å². The van der Waals surface area contributed by atoms with Gasteiger partial charge >= 0.3 is 41.9 Å². The van der Waals surface area contributed by atoms with Crippen molar-refractivity contribution in [3.05, 3.63) is 132 Å². The van der Waals surface area contributed by atoms with Crippen molar-refractivity contribution >= 4 is 27.0 Å². The summed E-state index contributed by atoms with van der Waals surface area (Å²) in [5.41, 5.74) is 9.62. The zero-order valence-corrected chi connectivity index (χ0v) is 38.2. The molecule has 0 atom stereocenters. The van der Waals surface area contributed by atoms with Gasteiger partial charge in [-0.25, -0.2) is 0 Å². The van der Waals surface area contributed by atoms with Crippen LogP contribution in [0.4, 0.5) is 0 Å². The Labute approximate surface area is 354 Å². The molecule has 0 spiro atoms. The molecule has 8 rings (SSSR count). The van der Waals surface area contributed by atoms with Gasteiger partial charge in [-0.05, 0) is 60.5 Å². The molecule has 0 radical (unpaired) electrons. The van der Waals surface area contributed by atoms with Gasteiger partial charge in [0.05, 0.1) is 0 Å². The van der Waals surface area contributed by atoms with E-state index in [1.54, 1.807) is 23.3 Å². The van der Waals surface area contributed by atoms with E-state index in [0.29, 0.717) is 10.8 Å². The van der Waals surface area contributed by atoms with Crippen molar-refractivity contribution in [3.8, 4) is 22.3 Å². The van der Waals surface area contributed by atoms with Crippen molar-refractivity contribution in [1.29, 1.82) is 0 Å². The van der Waals surface area contributed by atoms with Gasteiger partial charge in [-0.1, -0.05) is 149 Å². The van der Waals surface area contributed by atoms with Gasteiger partial charge in [-0.2, -0.15) is 12.1 Å². The standard InChI is InChI=1S/2C24H27.C2H6Si.2ClH.Zr/c2*1-24(14-7-2-3-8-15-24)18-19-16-21-12-9-13-22(23(21)17-19)20-10-5-4-6-11-20;1-3-2;;;/h2*4-6,9-13,16-17H,2-3,7-8,14-15,18H2,1H3;1-2H3;2*1H;/q2*-1;;;;+2/p-2. The summed E-state index contributed by atoms with van der Waals surface area (Å²) in [5.74, 6) is 0. The molecule has 2 aliphatic rings. The Morgan fingerprint density at radius 1 is 0.500 bits per heavy atom. The number of halogens is 2. The number of hydrogen-bond donors (Lipinski definition) is 0. The van der Waals surface area contributed by atoms with Crippen LogP contribution in [-0.2, 0) is 36.2 Å². The zero-order valence-electron chi connectivity index (χ0n) is 33.2. The number of rotatable bonds is 6. The van der Waals surface area contributed by atoms with E-state index in [0.717, 1.165) is 0 Å². The predicted molar refractivity (Wildman–Crippen MR) is 226 cm³/mol. The van der Waals surface area contributed by atoms with Crippen molar-refractivity contribution < 1.29 is 48.1 Å². The van der Waals surface area contributed by atoms with Gasteiger partial charge in [-0.15, -0.1) is 69.1 Å². The third-order valence-electron chi connectivity index (χ3n) is 11.7. The van der Waals surface area contributed by atoms with Crippen LogP contribution in [-0.4, -0.2) is 5.43 Å². The molecule has 0 heterocycles. The van der Waals surface area contributed by atoms with Gasteiger partial charge in [0.25, 0.3) is 0 Å². The molecule has 0 nitrogen and oxygen atoms in total. The van der Waals surface area contributed by atoms with E-state index < -0.39 is 0 Å². The molecule has 0 saturated heterocycles. The van der Waals surface area contributed by atoms with Crippen LogP contribution in [0.1, 0.15) is 102 Å². The van der Waals surface area contributed by atoms with Gasteiger partial charge in [0, 0.05) is 0 Å². The quantitative estimate of drug-likeness (QED) is 0.0893. The summed E-state index contributed by atoms with van der Waals surface area (Å²) in [6.45, 7) is 9.63. The van der Waals surface area contributed by atoms with Gasteiger partial charge in [0.2, 0.25) is 0 Å². The third kappa shape index (κ3) is 12.4. The number of fused-ring (bicyclic) bond motifs is 2. The Kier molecular flexibility index (Phi) is 17.6. The van der Waals surface area contributed by atoms with E-state index in [4.69, 9.17) is 0 Å². The topological polar surface area (TPSA) is 0 Å². The fraction of sp³-hybridized carbons (Fsp3) is 0.400. The van der Waals surface area contributed by atoms with Crippen molar-refractivity contribution in [2.45, 2.75) is 117 Å². The number of hydrogen-bond acceptors (Lipinski definition) is 0. The fourth-order valence-electron chi connectivity index (χ4n) is 9.04. The van der Waals surface area contributed by atoms with Gasteiger partial charge in [0.1, 0.15) is 0 Å². The Morgan fingerprint density at radius 3 is 1.17 bits per heavy atom. The Hall–Kier alpha value is -2.22. The summed E-state index contributed by atoms with van der Waals surface area (Å²) in [5, 5.41) is 5.61. The molecule has 0 aromatic heterocycles. The second-order valence-corrected chi connectivity index (χ2v) is 26.3. The molecular weight excluding hydrogens is 791 g/mol. The van der Waals surface area contributed by atoms with Crippen LogP contribution in [0.3, 0.4) is 0 Å². The monoisotopic (exact) mass is 848 g/mol. The Morgan fingerprint density at radius 2 is 0.833 bits per heavy atom. The molecule has 6 aromatic carbocycles. The van der Waals surface area contributed by atoms with Crippen LogP contribution >= 0.6 is 0 Å². The minimum atomic E-state index is 0. The van der Waals surface area contributed by atoms with E-state index in [9.17, 15) is 0 Å². The third-order valence-corrected chi connectivity index (χ3v) is 11.7. The first-order chi connectivity index (χ1) is 25.2. The fourth-order valence-corrected chi connectivity index (χ4v) is 9.04. The van der Waals surface area contributed by atoms with E-state index in [-0.39, 0.29) is 30.2 Å². The largest absolute Gasteiger partial charge is 1.00 e. The molecule has 54 heavy (non-hydrogen) atoms. The predicted octanol–water partition coefficient (Wildman–Crippen LogP) is 9.05. The zero-order chi connectivity index (χ0) is 36.4. The Bertz CT molecular complexity index is 1860. The van der Waals surface area contributed by atoms with Crippen LogP contribution < -0.4 is 24.8 Å². The molecular formula is C50H60Cl2SiZr-2. The molecule has 2 aliphatic carbocycles. The van der Waals surface area contributed by atoms with Crippen molar-refractivity contribution in [2.24, 2.45) is 10.8 Å². The molecule has 0 unspecified atom stereocenters. The summed E-state index contributed by atoms with van der Waals surface area (Å²) in [6, 6.07) is 44.8. The second kappa shape index (κ2) is 21.3. The first-order valence-electron chi connectivity index (χ1n) is 20.2. The summed E-state index contributed by atoms with van der Waals surface area (Å²) < 4.78 is 0. The molecule has 284 valence electrons. The maximum atomic E-state index is 2.51. The minimum Gasteiger partial charge on any atom is -1.00 e. The van der Waals surface area contributed by atoms with Crippen LogP contribution in [0.2, 0.25) is 13.1 Å². The summed E-state index contributed by atoms with van der Waals surface area (Å²) >= 11 is 1.74. The maximum absolute atomic E-state index is 2.51. The molecule has 2 fully saturated rings. The van der Waals surface area contributed by atoms with Crippen molar-refractivity contribution in [1.82, 2.24) is 0 Å². The number of benzene rings is 4. The van der Waals surface area contributed by atoms with Crippen molar-refractivity contribution in [2.75, 3.05) is 0 Å². The van der Waals surface area contributed by atoms with Crippen LogP contribution in [0, 0.1) is 10.8 Å². The second-order valence-electron chi connectivity index (χ2n) is 16.9. The summed E-state index contributed by atoms with van der Waals surface area (Å²) in [6.07, 6.45) is 19.4. The van der Waals surface area contributed by atoms with E-state index >= 15 is 0 Å². The average molecular weight is 851 g/mol. The van der Waals surface area contributed by atoms with E-state index in [1.807, 2.05) is 0 Å². The van der Waals surface area contributed by atoms with Crippen molar-refractivity contribution in [3.63, 3.8) is 0 Å². The Balaban J connectivity index is 0.000000212. The van der Waals surface area contributed by atoms with Gasteiger partial charge < -0.3 is 24.8 Å². The summed E-state index contributed by atoms with van der Waals surface area (Å²) in [7, 11) is 0. The average Bonchev–Trinajstić information content (AvgIpc) is 3.59. The SMILES string of the molecule is CC1(Cc2cc3c(-c4ccccc4)cccc3[cH-]2)CCCCCC1.CC1(Cc2cc3c(-c4ccccc4)cccc3[cH-]2)CCCCCC1.C[Si](C)=[Zr+2].[Cl-].[Cl-]. The molecule has 0 amide bonds. The molecule has 6 aromatic rings. The molecule has 0 N–H and O–H groups in total. The molecule has 2 saturated carbocycles. The molecule has 0 aliphatic heterocycles. The van der Waals surface area contributed by atoms with Crippen LogP contribution in [0.5, 0.6) is 0 Å². The summed E-state index contributed by atoms with van der Waals surface area (Å²) in [4.78, 5) is 0. The van der Waals surface area contributed by atoms with E-state index in [1.165, 1.54) is 145 Å². The maximum Gasteiger partial charge on any atom is -1.00 e. The van der Waals surface area contributed by atoms with Gasteiger partial charge in [0.15, 0.2) is 0 Å². The molecule has 4 heteroatoms. The first-order valence-corrected chi connectivity index (χ1v) is 26.4. The smallest absolute Gasteiger partial charge is 1.00 e. The molecule has 0 bridgehead atoms. The van der Waals surface area contributed by atoms with Crippen LogP contribution in [0.25, 0.3) is 43.8 Å². The minimum absolute atomic E-state index is 0. The first kappa shape index (κ1) is 44.5.